The summed E-state index contributed by atoms with van der Waals surface area (Å²) in [7, 11) is 1.52. The number of esters is 1. The van der Waals surface area contributed by atoms with E-state index in [-0.39, 0.29) is 45.1 Å². The molecular formula is C32H52O4. The molecule has 4 heteroatoms. The summed E-state index contributed by atoms with van der Waals surface area (Å²) < 4.78 is 5.47. The van der Waals surface area contributed by atoms with Gasteiger partial charge in [-0.2, -0.15) is 0 Å². The van der Waals surface area contributed by atoms with Crippen molar-refractivity contribution >= 4 is 5.97 Å². The molecule has 9 atom stereocenters. The van der Waals surface area contributed by atoms with Crippen LogP contribution in [0.4, 0.5) is 0 Å². The molecule has 4 fully saturated rings. The maximum Gasteiger partial charge on any atom is 0.312 e. The molecule has 4 nitrogen and oxygen atoms in total. The van der Waals surface area contributed by atoms with Crippen LogP contribution in [0.25, 0.3) is 0 Å². The maximum atomic E-state index is 13.5. The van der Waals surface area contributed by atoms with Crippen molar-refractivity contribution in [3.63, 3.8) is 0 Å². The van der Waals surface area contributed by atoms with Gasteiger partial charge < -0.3 is 14.9 Å². The van der Waals surface area contributed by atoms with Gasteiger partial charge in [0.15, 0.2) is 0 Å². The van der Waals surface area contributed by atoms with Gasteiger partial charge in [0.25, 0.3) is 0 Å². The second-order valence-corrected chi connectivity index (χ2v) is 15.8. The monoisotopic (exact) mass is 500 g/mol. The minimum absolute atomic E-state index is 0.0658. The first kappa shape index (κ1) is 26.7. The van der Waals surface area contributed by atoms with Crippen LogP contribution in [0.5, 0.6) is 0 Å². The van der Waals surface area contributed by atoms with Crippen LogP contribution in [0.15, 0.2) is 11.6 Å². The molecule has 0 radical (unpaired) electrons. The molecule has 0 spiro atoms. The van der Waals surface area contributed by atoms with E-state index in [4.69, 9.17) is 4.74 Å². The Hall–Kier alpha value is -0.870. The van der Waals surface area contributed by atoms with E-state index in [1.807, 2.05) is 6.92 Å². The molecule has 5 rings (SSSR count). The first-order chi connectivity index (χ1) is 16.5. The summed E-state index contributed by atoms with van der Waals surface area (Å²) in [4.78, 5) is 13.5. The summed E-state index contributed by atoms with van der Waals surface area (Å²) in [6.45, 7) is 18.5. The van der Waals surface area contributed by atoms with E-state index in [9.17, 15) is 15.0 Å². The van der Waals surface area contributed by atoms with Gasteiger partial charge in [0.1, 0.15) is 0 Å². The predicted octanol–water partition coefficient (Wildman–Crippen LogP) is 6.68. The van der Waals surface area contributed by atoms with Crippen LogP contribution in [0.3, 0.4) is 0 Å². The number of hydrogen-bond acceptors (Lipinski definition) is 4. The predicted molar refractivity (Wildman–Crippen MR) is 143 cm³/mol. The third kappa shape index (κ3) is 2.93. The Bertz CT molecular complexity index is 977. The lowest BCUT2D eigenvalue weighted by Crippen LogP contribution is -2.69. The number of hydrogen-bond donors (Lipinski definition) is 2. The van der Waals surface area contributed by atoms with Crippen molar-refractivity contribution < 1.29 is 19.7 Å². The van der Waals surface area contributed by atoms with E-state index in [1.165, 1.54) is 12.7 Å². The number of aliphatic hydroxyl groups is 2. The Morgan fingerprint density at radius 1 is 0.889 bits per heavy atom. The second kappa shape index (κ2) is 7.62. The SMILES string of the molecule is COC(=O)C12CCC(C)(C)C(C)(O)C1C1=CCC3C4(C)CCC(O)C(C)(C)C4CCC3(C)C1(C)CC2. The first-order valence-corrected chi connectivity index (χ1v) is 14.7. The molecule has 0 heterocycles. The zero-order chi connectivity index (χ0) is 26.7. The van der Waals surface area contributed by atoms with Crippen LogP contribution in [0.1, 0.15) is 113 Å². The van der Waals surface area contributed by atoms with Crippen LogP contribution in [-0.4, -0.2) is 35.0 Å². The number of fused-ring (bicyclic) bond motifs is 7. The number of allylic oxidation sites excluding steroid dienone is 1. The topological polar surface area (TPSA) is 66.8 Å². The summed E-state index contributed by atoms with van der Waals surface area (Å²) in [5.41, 5.74) is -0.416. The average molecular weight is 501 g/mol. The van der Waals surface area contributed by atoms with Gasteiger partial charge in [-0.15, -0.1) is 0 Å². The Morgan fingerprint density at radius 3 is 2.17 bits per heavy atom. The van der Waals surface area contributed by atoms with Crippen LogP contribution < -0.4 is 0 Å². The number of ether oxygens (including phenoxy) is 1. The molecule has 5 aliphatic carbocycles. The second-order valence-electron chi connectivity index (χ2n) is 15.8. The van der Waals surface area contributed by atoms with Crippen molar-refractivity contribution in [3.8, 4) is 0 Å². The van der Waals surface area contributed by atoms with Gasteiger partial charge in [-0.05, 0) is 104 Å². The quantitative estimate of drug-likeness (QED) is 0.311. The summed E-state index contributed by atoms with van der Waals surface area (Å²) in [5.74, 6) is 0.710. The van der Waals surface area contributed by atoms with E-state index in [0.29, 0.717) is 11.8 Å². The van der Waals surface area contributed by atoms with Crippen LogP contribution in [0, 0.1) is 50.2 Å². The molecule has 0 aliphatic heterocycles. The summed E-state index contributed by atoms with van der Waals surface area (Å²) in [5, 5.41) is 23.2. The molecule has 0 aromatic rings. The molecule has 9 unspecified atom stereocenters. The highest BCUT2D eigenvalue weighted by molar-refractivity contribution is 5.79. The number of aliphatic hydroxyl groups excluding tert-OH is 1. The van der Waals surface area contributed by atoms with Gasteiger partial charge >= 0.3 is 5.97 Å². The zero-order valence-corrected chi connectivity index (χ0v) is 24.5. The number of methoxy groups -OCH3 is 1. The Kier molecular flexibility index (Phi) is 5.65. The van der Waals surface area contributed by atoms with Crippen LogP contribution in [-0.2, 0) is 9.53 Å². The van der Waals surface area contributed by atoms with Gasteiger partial charge in [-0.3, -0.25) is 4.79 Å². The molecule has 0 bridgehead atoms. The molecule has 204 valence electrons. The van der Waals surface area contributed by atoms with Gasteiger partial charge in [-0.1, -0.05) is 60.1 Å². The van der Waals surface area contributed by atoms with Crippen molar-refractivity contribution in [1.29, 1.82) is 0 Å². The summed E-state index contributed by atoms with van der Waals surface area (Å²) in [6, 6.07) is 0. The third-order valence-corrected chi connectivity index (χ3v) is 14.2. The van der Waals surface area contributed by atoms with E-state index < -0.39 is 11.0 Å². The molecule has 0 aromatic heterocycles. The van der Waals surface area contributed by atoms with Crippen molar-refractivity contribution in [2.45, 2.75) is 125 Å². The lowest BCUT2D eigenvalue weighted by atomic mass is 9.32. The minimum Gasteiger partial charge on any atom is -0.469 e. The van der Waals surface area contributed by atoms with Gasteiger partial charge in [0.2, 0.25) is 0 Å². The lowest BCUT2D eigenvalue weighted by molar-refractivity contribution is -0.227. The number of carbonyl (C=O) groups is 1. The highest BCUT2D eigenvalue weighted by Crippen LogP contribution is 2.76. The summed E-state index contributed by atoms with van der Waals surface area (Å²) in [6.07, 6.45) is 10.9. The highest BCUT2D eigenvalue weighted by Gasteiger charge is 2.72. The number of carbonyl (C=O) groups excluding carboxylic acids is 1. The standard InChI is InChI=1S/C32H52O4/c1-26(2)16-18-32(25(34)36-9)19-17-29(6)20(24(32)31(26,8)35)10-11-22-28(5)14-13-23(33)27(3,4)21(28)12-15-30(22,29)7/h10,21-24,33,35H,11-19H2,1-9H3. The van der Waals surface area contributed by atoms with Crippen molar-refractivity contribution in [2.24, 2.45) is 50.2 Å². The highest BCUT2D eigenvalue weighted by atomic mass is 16.5. The lowest BCUT2D eigenvalue weighted by Gasteiger charge is -2.72. The summed E-state index contributed by atoms with van der Waals surface area (Å²) >= 11 is 0. The van der Waals surface area contributed by atoms with Gasteiger partial charge in [-0.25, -0.2) is 0 Å². The van der Waals surface area contributed by atoms with Crippen LogP contribution >= 0.6 is 0 Å². The van der Waals surface area contributed by atoms with Crippen molar-refractivity contribution in [1.82, 2.24) is 0 Å². The van der Waals surface area contributed by atoms with E-state index >= 15 is 0 Å². The van der Waals surface area contributed by atoms with E-state index in [2.05, 4.69) is 54.5 Å². The number of rotatable bonds is 1. The molecule has 36 heavy (non-hydrogen) atoms. The smallest absolute Gasteiger partial charge is 0.312 e. The average Bonchev–Trinajstić information content (AvgIpc) is 2.79. The van der Waals surface area contributed by atoms with E-state index in [1.54, 1.807) is 0 Å². The molecule has 0 aromatic carbocycles. The Labute approximate surface area is 219 Å². The first-order valence-electron chi connectivity index (χ1n) is 14.7. The maximum absolute atomic E-state index is 13.5. The zero-order valence-electron chi connectivity index (χ0n) is 24.5. The molecule has 0 amide bonds. The van der Waals surface area contributed by atoms with Crippen molar-refractivity contribution in [2.75, 3.05) is 7.11 Å². The third-order valence-electron chi connectivity index (χ3n) is 14.2. The Balaban J connectivity index is 1.66. The van der Waals surface area contributed by atoms with Crippen LogP contribution in [0.2, 0.25) is 0 Å². The van der Waals surface area contributed by atoms with Crippen molar-refractivity contribution in [3.05, 3.63) is 11.6 Å². The fourth-order valence-corrected chi connectivity index (χ4v) is 11.1. The largest absolute Gasteiger partial charge is 0.469 e. The van der Waals surface area contributed by atoms with Gasteiger partial charge in [0, 0.05) is 5.92 Å². The minimum atomic E-state index is -0.992. The molecular weight excluding hydrogens is 448 g/mol. The molecule has 2 N–H and O–H groups in total. The normalized spacial score (nSPS) is 53.1. The fourth-order valence-electron chi connectivity index (χ4n) is 11.1. The Morgan fingerprint density at radius 2 is 1.53 bits per heavy atom. The molecule has 0 saturated heterocycles. The van der Waals surface area contributed by atoms with E-state index in [0.717, 1.165) is 57.8 Å². The molecule has 5 aliphatic rings. The fraction of sp³-hybridized carbons (Fsp3) is 0.906. The van der Waals surface area contributed by atoms with Gasteiger partial charge in [0.05, 0.1) is 24.2 Å². The molecule has 4 saturated carbocycles.